The van der Waals surface area contributed by atoms with Crippen LogP contribution in [0.5, 0.6) is 0 Å². The van der Waals surface area contributed by atoms with Gasteiger partial charge in [-0.05, 0) is 11.8 Å². The van der Waals surface area contributed by atoms with Gasteiger partial charge in [-0.1, -0.05) is 39.3 Å². The summed E-state index contributed by atoms with van der Waals surface area (Å²) in [4.78, 5) is 4.31. The molecule has 1 aromatic rings. The second kappa shape index (κ2) is 4.75. The van der Waals surface area contributed by atoms with Gasteiger partial charge >= 0.3 is 0 Å². The van der Waals surface area contributed by atoms with Crippen molar-refractivity contribution >= 4 is 0 Å². The first-order valence-corrected chi connectivity index (χ1v) is 5.53. The minimum atomic E-state index is -0.194. The van der Waals surface area contributed by atoms with Crippen molar-refractivity contribution in [3.05, 3.63) is 11.7 Å². The van der Waals surface area contributed by atoms with Gasteiger partial charge in [0.1, 0.15) is 0 Å². The van der Waals surface area contributed by atoms with Crippen molar-refractivity contribution in [1.29, 1.82) is 0 Å². The van der Waals surface area contributed by atoms with Crippen LogP contribution in [0.15, 0.2) is 4.52 Å². The van der Waals surface area contributed by atoms with Crippen LogP contribution in [0, 0.1) is 5.41 Å². The highest BCUT2D eigenvalue weighted by atomic mass is 16.5. The van der Waals surface area contributed by atoms with Gasteiger partial charge in [0, 0.05) is 6.42 Å². The SMILES string of the molecule is CCCCc1noc([C@@H](N)C(C)(C)C)n1. The van der Waals surface area contributed by atoms with E-state index in [0.717, 1.165) is 25.1 Å². The summed E-state index contributed by atoms with van der Waals surface area (Å²) < 4.78 is 5.16. The molecule has 0 spiro atoms. The molecule has 0 saturated carbocycles. The number of rotatable bonds is 4. The molecule has 1 heterocycles. The lowest BCUT2D eigenvalue weighted by Crippen LogP contribution is -2.26. The second-order valence-corrected chi connectivity index (χ2v) is 5.00. The van der Waals surface area contributed by atoms with Gasteiger partial charge in [0.2, 0.25) is 5.89 Å². The van der Waals surface area contributed by atoms with Gasteiger partial charge in [-0.25, -0.2) is 0 Å². The van der Waals surface area contributed by atoms with Crippen LogP contribution in [0.25, 0.3) is 0 Å². The Balaban J connectivity index is 2.67. The molecule has 1 aromatic heterocycles. The lowest BCUT2D eigenvalue weighted by atomic mass is 9.87. The van der Waals surface area contributed by atoms with Crippen LogP contribution < -0.4 is 5.73 Å². The highest BCUT2D eigenvalue weighted by Crippen LogP contribution is 2.29. The molecule has 0 fully saturated rings. The Hall–Kier alpha value is -0.900. The van der Waals surface area contributed by atoms with E-state index >= 15 is 0 Å². The molecule has 0 aliphatic carbocycles. The number of aromatic nitrogens is 2. The molecular weight excluding hydrogens is 190 g/mol. The summed E-state index contributed by atoms with van der Waals surface area (Å²) in [7, 11) is 0. The third kappa shape index (κ3) is 3.30. The predicted molar refractivity (Wildman–Crippen MR) is 59.3 cm³/mol. The van der Waals surface area contributed by atoms with Crippen molar-refractivity contribution in [2.75, 3.05) is 0 Å². The molecule has 0 amide bonds. The maximum atomic E-state index is 6.02. The van der Waals surface area contributed by atoms with Crippen molar-refractivity contribution in [3.8, 4) is 0 Å². The number of nitrogens with two attached hydrogens (primary N) is 1. The van der Waals surface area contributed by atoms with E-state index in [1.807, 2.05) is 0 Å². The monoisotopic (exact) mass is 211 g/mol. The van der Waals surface area contributed by atoms with Crippen molar-refractivity contribution in [2.24, 2.45) is 11.1 Å². The van der Waals surface area contributed by atoms with Gasteiger partial charge in [-0.3, -0.25) is 0 Å². The molecule has 1 atom stereocenters. The zero-order valence-electron chi connectivity index (χ0n) is 10.1. The Morgan fingerprint density at radius 2 is 2.07 bits per heavy atom. The molecule has 0 radical (unpaired) electrons. The summed E-state index contributed by atoms with van der Waals surface area (Å²) in [6.07, 6.45) is 3.09. The molecule has 2 N–H and O–H groups in total. The van der Waals surface area contributed by atoms with Gasteiger partial charge in [0.15, 0.2) is 5.82 Å². The predicted octanol–water partition coefficient (Wildman–Crippen LogP) is 2.46. The summed E-state index contributed by atoms with van der Waals surface area (Å²) >= 11 is 0. The zero-order valence-corrected chi connectivity index (χ0v) is 10.1. The quantitative estimate of drug-likeness (QED) is 0.830. The van der Waals surface area contributed by atoms with E-state index in [9.17, 15) is 0 Å². The molecule has 0 aliphatic rings. The van der Waals surface area contributed by atoms with E-state index in [0.29, 0.717) is 5.89 Å². The minimum absolute atomic E-state index is 0.0471. The van der Waals surface area contributed by atoms with Crippen LogP contribution in [0.2, 0.25) is 0 Å². The Morgan fingerprint density at radius 3 is 2.60 bits per heavy atom. The van der Waals surface area contributed by atoms with Gasteiger partial charge < -0.3 is 10.3 Å². The van der Waals surface area contributed by atoms with Crippen LogP contribution in [0.4, 0.5) is 0 Å². The first-order valence-electron chi connectivity index (χ1n) is 5.53. The largest absolute Gasteiger partial charge is 0.338 e. The maximum absolute atomic E-state index is 6.02. The molecule has 0 saturated heterocycles. The molecule has 4 nitrogen and oxygen atoms in total. The van der Waals surface area contributed by atoms with Gasteiger partial charge in [-0.2, -0.15) is 4.98 Å². The van der Waals surface area contributed by atoms with E-state index < -0.39 is 0 Å². The third-order valence-corrected chi connectivity index (χ3v) is 2.44. The van der Waals surface area contributed by atoms with Gasteiger partial charge in [0.25, 0.3) is 0 Å². The molecule has 1 rings (SSSR count). The average Bonchev–Trinajstić information content (AvgIpc) is 2.60. The minimum Gasteiger partial charge on any atom is -0.338 e. The van der Waals surface area contributed by atoms with Crippen molar-refractivity contribution in [3.63, 3.8) is 0 Å². The van der Waals surface area contributed by atoms with E-state index in [4.69, 9.17) is 10.3 Å². The highest BCUT2D eigenvalue weighted by molar-refractivity contribution is 4.96. The lowest BCUT2D eigenvalue weighted by molar-refractivity contribution is 0.252. The van der Waals surface area contributed by atoms with E-state index in [-0.39, 0.29) is 11.5 Å². The fourth-order valence-electron chi connectivity index (χ4n) is 1.20. The van der Waals surface area contributed by atoms with E-state index in [1.165, 1.54) is 0 Å². The molecule has 0 aliphatic heterocycles. The van der Waals surface area contributed by atoms with Crippen molar-refractivity contribution in [1.82, 2.24) is 10.1 Å². The van der Waals surface area contributed by atoms with Crippen LogP contribution in [0.3, 0.4) is 0 Å². The van der Waals surface area contributed by atoms with Crippen LogP contribution in [-0.2, 0) is 6.42 Å². The van der Waals surface area contributed by atoms with Gasteiger partial charge in [-0.15, -0.1) is 0 Å². The van der Waals surface area contributed by atoms with Gasteiger partial charge in [0.05, 0.1) is 6.04 Å². The average molecular weight is 211 g/mol. The summed E-state index contributed by atoms with van der Waals surface area (Å²) in [6, 6.07) is -0.194. The lowest BCUT2D eigenvalue weighted by Gasteiger charge is -2.23. The van der Waals surface area contributed by atoms with Crippen molar-refractivity contribution < 1.29 is 4.52 Å². The number of hydrogen-bond acceptors (Lipinski definition) is 4. The molecular formula is C11H21N3O. The van der Waals surface area contributed by atoms with Crippen LogP contribution >= 0.6 is 0 Å². The number of nitrogens with zero attached hydrogens (tertiary/aromatic N) is 2. The van der Waals surface area contributed by atoms with Crippen LogP contribution in [0.1, 0.15) is 58.3 Å². The molecule has 4 heteroatoms. The standard InChI is InChI=1S/C11H21N3O/c1-5-6-7-8-13-10(15-14-8)9(12)11(2,3)4/h9H,5-7,12H2,1-4H3/t9-/m1/s1. The zero-order chi connectivity index (χ0) is 11.5. The Morgan fingerprint density at radius 1 is 1.40 bits per heavy atom. The molecule has 0 bridgehead atoms. The van der Waals surface area contributed by atoms with Crippen molar-refractivity contribution in [2.45, 2.75) is 53.0 Å². The highest BCUT2D eigenvalue weighted by Gasteiger charge is 2.27. The summed E-state index contributed by atoms with van der Waals surface area (Å²) in [6.45, 7) is 8.33. The Kier molecular flexibility index (Phi) is 3.85. The van der Waals surface area contributed by atoms with E-state index in [1.54, 1.807) is 0 Å². The Bertz CT molecular complexity index is 301. The molecule has 15 heavy (non-hydrogen) atoms. The number of hydrogen-bond donors (Lipinski definition) is 1. The first-order chi connectivity index (χ1) is 6.95. The molecule has 0 unspecified atom stereocenters. The fraction of sp³-hybridized carbons (Fsp3) is 0.818. The summed E-state index contributed by atoms with van der Waals surface area (Å²) in [5.74, 6) is 1.32. The summed E-state index contributed by atoms with van der Waals surface area (Å²) in [5.41, 5.74) is 5.97. The fourth-order valence-corrected chi connectivity index (χ4v) is 1.20. The first kappa shape index (κ1) is 12.2. The molecule has 86 valence electrons. The topological polar surface area (TPSA) is 64.9 Å². The number of aryl methyl sites for hydroxylation is 1. The molecule has 0 aromatic carbocycles. The van der Waals surface area contributed by atoms with E-state index in [2.05, 4.69) is 37.8 Å². The maximum Gasteiger partial charge on any atom is 0.244 e. The Labute approximate surface area is 91.2 Å². The summed E-state index contributed by atoms with van der Waals surface area (Å²) in [5, 5.41) is 3.92. The third-order valence-electron chi connectivity index (χ3n) is 2.44. The normalized spacial score (nSPS) is 14.2. The number of unbranched alkanes of at least 4 members (excludes halogenated alkanes) is 1. The second-order valence-electron chi connectivity index (χ2n) is 5.00. The van der Waals surface area contributed by atoms with Crippen LogP contribution in [-0.4, -0.2) is 10.1 Å². The smallest absolute Gasteiger partial charge is 0.244 e.